The van der Waals surface area contributed by atoms with E-state index in [1.807, 2.05) is 0 Å². The summed E-state index contributed by atoms with van der Waals surface area (Å²) in [6.07, 6.45) is -5.08. The molecule has 0 saturated carbocycles. The largest absolute Gasteiger partial charge is 0.490 e. The van der Waals surface area contributed by atoms with E-state index in [4.69, 9.17) is 15.0 Å². The van der Waals surface area contributed by atoms with E-state index in [1.54, 1.807) is 30.3 Å². The second kappa shape index (κ2) is 5.74. The van der Waals surface area contributed by atoms with Crippen LogP contribution in [0, 0.1) is 0 Å². The number of hydrogen-bond donors (Lipinski definition) is 2. The first-order chi connectivity index (χ1) is 7.25. The van der Waals surface area contributed by atoms with Crippen LogP contribution in [-0.4, -0.2) is 28.3 Å². The van der Waals surface area contributed by atoms with Crippen molar-refractivity contribution in [2.24, 2.45) is 0 Å². The van der Waals surface area contributed by atoms with Crippen LogP contribution in [0.1, 0.15) is 10.4 Å². The minimum Gasteiger partial charge on any atom is -0.478 e. The maximum atomic E-state index is 10.6. The number of aromatic carboxylic acids is 1. The number of carbonyl (C=O) groups is 2. The second-order valence-electron chi connectivity index (χ2n) is 2.47. The molecule has 0 aliphatic carbocycles. The molecule has 0 aliphatic rings. The molecule has 1 aromatic carbocycles. The van der Waals surface area contributed by atoms with E-state index >= 15 is 0 Å². The highest BCUT2D eigenvalue weighted by molar-refractivity contribution is 5.87. The molecule has 2 N–H and O–H groups in total. The summed E-state index contributed by atoms with van der Waals surface area (Å²) in [6.45, 7) is 0. The van der Waals surface area contributed by atoms with Crippen molar-refractivity contribution in [3.05, 3.63) is 35.9 Å². The Morgan fingerprint density at radius 1 is 1.00 bits per heavy atom. The number of alkyl halides is 3. The monoisotopic (exact) mass is 236 g/mol. The van der Waals surface area contributed by atoms with Crippen molar-refractivity contribution in [2.75, 3.05) is 0 Å². The third-order valence-corrected chi connectivity index (χ3v) is 1.26. The van der Waals surface area contributed by atoms with E-state index in [-0.39, 0.29) is 0 Å². The van der Waals surface area contributed by atoms with E-state index < -0.39 is 18.1 Å². The fourth-order valence-electron chi connectivity index (χ4n) is 0.581. The van der Waals surface area contributed by atoms with Crippen molar-refractivity contribution in [3.8, 4) is 0 Å². The van der Waals surface area contributed by atoms with Gasteiger partial charge in [0.2, 0.25) is 0 Å². The summed E-state index contributed by atoms with van der Waals surface area (Å²) in [6, 6.07) is 8.30. The number of hydrogen-bond acceptors (Lipinski definition) is 2. The number of aliphatic carboxylic acids is 1. The maximum Gasteiger partial charge on any atom is 0.490 e. The predicted molar refractivity (Wildman–Crippen MR) is 47.1 cm³/mol. The lowest BCUT2D eigenvalue weighted by Crippen LogP contribution is -2.21. The first kappa shape index (κ1) is 13.9. The Morgan fingerprint density at radius 3 is 1.56 bits per heavy atom. The minimum atomic E-state index is -5.08. The van der Waals surface area contributed by atoms with Crippen molar-refractivity contribution in [3.63, 3.8) is 0 Å². The Bertz CT molecular complexity index is 359. The number of halogens is 3. The highest BCUT2D eigenvalue weighted by Gasteiger charge is 2.38. The van der Waals surface area contributed by atoms with E-state index in [0.29, 0.717) is 5.56 Å². The maximum absolute atomic E-state index is 10.6. The molecule has 4 nitrogen and oxygen atoms in total. The SMILES string of the molecule is O=C(O)C(F)(F)F.O=C(O)c1ccccc1. The average Bonchev–Trinajstić information content (AvgIpc) is 2.18. The molecule has 88 valence electrons. The van der Waals surface area contributed by atoms with Gasteiger partial charge in [-0.15, -0.1) is 0 Å². The fourth-order valence-corrected chi connectivity index (χ4v) is 0.581. The van der Waals surface area contributed by atoms with Gasteiger partial charge in [-0.2, -0.15) is 13.2 Å². The number of rotatable bonds is 1. The smallest absolute Gasteiger partial charge is 0.478 e. The molecule has 0 heterocycles. The summed E-state index contributed by atoms with van der Waals surface area (Å²) < 4.78 is 31.7. The lowest BCUT2D eigenvalue weighted by atomic mass is 10.2. The third-order valence-electron chi connectivity index (χ3n) is 1.26. The number of carboxylic acid groups (broad SMARTS) is 2. The highest BCUT2D eigenvalue weighted by Crippen LogP contribution is 2.13. The lowest BCUT2D eigenvalue weighted by Gasteiger charge is -1.93. The molecule has 0 spiro atoms. The summed E-state index contributed by atoms with van der Waals surface area (Å²) in [7, 11) is 0. The van der Waals surface area contributed by atoms with Gasteiger partial charge in [0, 0.05) is 0 Å². The van der Waals surface area contributed by atoms with E-state index in [0.717, 1.165) is 0 Å². The summed E-state index contributed by atoms with van der Waals surface area (Å²) in [5, 5.41) is 15.5. The van der Waals surface area contributed by atoms with Crippen molar-refractivity contribution in [2.45, 2.75) is 6.18 Å². The van der Waals surface area contributed by atoms with Gasteiger partial charge in [-0.05, 0) is 12.1 Å². The van der Waals surface area contributed by atoms with Gasteiger partial charge in [-0.3, -0.25) is 0 Å². The van der Waals surface area contributed by atoms with Crippen LogP contribution in [0.25, 0.3) is 0 Å². The summed E-state index contributed by atoms with van der Waals surface area (Å²) in [4.78, 5) is 19.1. The molecule has 0 unspecified atom stereocenters. The lowest BCUT2D eigenvalue weighted by molar-refractivity contribution is -0.192. The van der Waals surface area contributed by atoms with Crippen LogP contribution in [0.2, 0.25) is 0 Å². The predicted octanol–water partition coefficient (Wildman–Crippen LogP) is 2.02. The van der Waals surface area contributed by atoms with E-state index in [2.05, 4.69) is 0 Å². The van der Waals surface area contributed by atoms with Gasteiger partial charge in [-0.1, -0.05) is 18.2 Å². The van der Waals surface area contributed by atoms with Gasteiger partial charge in [0.15, 0.2) is 0 Å². The van der Waals surface area contributed by atoms with Gasteiger partial charge in [-0.25, -0.2) is 9.59 Å². The second-order valence-corrected chi connectivity index (χ2v) is 2.47. The first-order valence-corrected chi connectivity index (χ1v) is 3.83. The Hall–Kier alpha value is -2.05. The van der Waals surface area contributed by atoms with E-state index in [9.17, 15) is 18.0 Å². The van der Waals surface area contributed by atoms with Crippen LogP contribution < -0.4 is 0 Å². The zero-order valence-electron chi connectivity index (χ0n) is 7.73. The van der Waals surface area contributed by atoms with Gasteiger partial charge in [0.1, 0.15) is 0 Å². The molecule has 7 heteroatoms. The summed E-state index contributed by atoms with van der Waals surface area (Å²) in [5.41, 5.74) is 0.331. The highest BCUT2D eigenvalue weighted by atomic mass is 19.4. The van der Waals surface area contributed by atoms with E-state index in [1.165, 1.54) is 0 Å². The zero-order chi connectivity index (χ0) is 12.8. The molecule has 0 aliphatic heterocycles. The van der Waals surface area contributed by atoms with Crippen LogP contribution in [0.4, 0.5) is 13.2 Å². The standard InChI is InChI=1S/C7H6O2.C2HF3O2/c8-7(9)6-4-2-1-3-5-6;3-2(4,5)1(6)7/h1-5H,(H,8,9);(H,6,7). The normalized spacial score (nSPS) is 9.94. The molecule has 0 saturated heterocycles. The Balaban J connectivity index is 0.000000293. The summed E-state index contributed by atoms with van der Waals surface area (Å²) in [5.74, 6) is -3.64. The zero-order valence-corrected chi connectivity index (χ0v) is 7.73. The Morgan fingerprint density at radius 2 is 1.38 bits per heavy atom. The third kappa shape index (κ3) is 5.63. The van der Waals surface area contributed by atoms with Crippen LogP contribution >= 0.6 is 0 Å². The Kier molecular flexibility index (Phi) is 5.00. The average molecular weight is 236 g/mol. The first-order valence-electron chi connectivity index (χ1n) is 3.83. The molecule has 0 radical (unpaired) electrons. The molecule has 16 heavy (non-hydrogen) atoms. The fraction of sp³-hybridized carbons (Fsp3) is 0.111. The topological polar surface area (TPSA) is 74.6 Å². The van der Waals surface area contributed by atoms with Gasteiger partial charge >= 0.3 is 18.1 Å². The Labute approximate surface area is 87.9 Å². The number of benzene rings is 1. The quantitative estimate of drug-likeness (QED) is 0.782. The molecule has 1 rings (SSSR count). The van der Waals surface area contributed by atoms with Crippen molar-refractivity contribution in [1.82, 2.24) is 0 Å². The molecule has 0 amide bonds. The minimum absolute atomic E-state index is 0.331. The molecular formula is C9H7F3O4. The van der Waals surface area contributed by atoms with Gasteiger partial charge < -0.3 is 10.2 Å². The van der Waals surface area contributed by atoms with Crippen LogP contribution in [0.3, 0.4) is 0 Å². The molecule has 0 bridgehead atoms. The van der Waals surface area contributed by atoms with Gasteiger partial charge in [0.25, 0.3) is 0 Å². The van der Waals surface area contributed by atoms with Gasteiger partial charge in [0.05, 0.1) is 5.56 Å². The molecule has 1 aromatic rings. The molecular weight excluding hydrogens is 229 g/mol. The van der Waals surface area contributed by atoms with Crippen molar-refractivity contribution < 1.29 is 33.0 Å². The summed E-state index contributed by atoms with van der Waals surface area (Å²) >= 11 is 0. The molecule has 0 atom stereocenters. The van der Waals surface area contributed by atoms with Crippen LogP contribution in [0.5, 0.6) is 0 Å². The van der Waals surface area contributed by atoms with Crippen molar-refractivity contribution >= 4 is 11.9 Å². The molecule has 0 aromatic heterocycles. The number of carboxylic acids is 2. The van der Waals surface area contributed by atoms with Crippen molar-refractivity contribution in [1.29, 1.82) is 0 Å². The van der Waals surface area contributed by atoms with Crippen LogP contribution in [0.15, 0.2) is 30.3 Å². The van der Waals surface area contributed by atoms with Crippen LogP contribution in [-0.2, 0) is 4.79 Å². The molecule has 0 fully saturated rings.